The summed E-state index contributed by atoms with van der Waals surface area (Å²) in [4.78, 5) is 13.6. The van der Waals surface area contributed by atoms with Crippen molar-refractivity contribution in [3.63, 3.8) is 0 Å². The second-order valence-corrected chi connectivity index (χ2v) is 9.00. The van der Waals surface area contributed by atoms with Crippen LogP contribution in [0.15, 0.2) is 109 Å². The third kappa shape index (κ3) is 4.73. The van der Waals surface area contributed by atoms with Gasteiger partial charge in [-0.15, -0.1) is 5.43 Å². The van der Waals surface area contributed by atoms with Gasteiger partial charge in [0.15, 0.2) is 4.87 Å². The van der Waals surface area contributed by atoms with E-state index in [1.165, 1.54) is 0 Å². The SMILES string of the molecule is CC[C@@](C#N)(c1ccccc1)c1ccc(N[N+](=O)c2ccc([C@@](C#N)(CC)c3ccccc3)cc2)cc1. The standard InChI is InChI=1S/C32H29N4O/c1-3-31(23-33,25-11-7-5-8-12-25)27-15-19-29(20-16-27)35-36(37)30-21-17-28(18-22-30)32(4-2,24-34)26-13-9-6-10-14-26/h5-22H,3-4H2,1-2H3,(H,35,37)/q+1/t31-,32-/m1/s1. The van der Waals surface area contributed by atoms with Gasteiger partial charge in [0.1, 0.15) is 16.5 Å². The van der Waals surface area contributed by atoms with Crippen LogP contribution < -0.4 is 5.43 Å². The molecule has 0 saturated heterocycles. The average molecular weight is 486 g/mol. The summed E-state index contributed by atoms with van der Waals surface area (Å²) in [5.41, 5.74) is 5.97. The highest BCUT2D eigenvalue weighted by molar-refractivity contribution is 5.52. The molecule has 2 atom stereocenters. The maximum atomic E-state index is 12.9. The first-order chi connectivity index (χ1) is 18.0. The number of hydrazine groups is 1. The molecule has 0 bridgehead atoms. The first-order valence-corrected chi connectivity index (χ1v) is 12.4. The van der Waals surface area contributed by atoms with Gasteiger partial charge in [-0.05, 0) is 47.2 Å². The molecule has 0 radical (unpaired) electrons. The number of nitroso groups, excluding NO2 is 1. The molecule has 5 nitrogen and oxygen atoms in total. The van der Waals surface area contributed by atoms with Crippen LogP contribution in [0.25, 0.3) is 0 Å². The zero-order valence-electron chi connectivity index (χ0n) is 21.1. The number of nitrogens with zero attached hydrogens (tertiary/aromatic N) is 3. The van der Waals surface area contributed by atoms with Crippen LogP contribution in [0, 0.1) is 27.6 Å². The number of hydrogen-bond acceptors (Lipinski definition) is 3. The molecular formula is C32H29N4O+. The van der Waals surface area contributed by atoms with Gasteiger partial charge in [-0.2, -0.15) is 10.5 Å². The Hall–Kier alpha value is -4.74. The van der Waals surface area contributed by atoms with Crippen molar-refractivity contribution in [3.8, 4) is 12.1 Å². The van der Waals surface area contributed by atoms with Crippen LogP contribution in [-0.2, 0) is 10.8 Å². The second-order valence-electron chi connectivity index (χ2n) is 9.00. The van der Waals surface area contributed by atoms with Crippen LogP contribution in [0.1, 0.15) is 48.9 Å². The number of nitrogens with one attached hydrogen (secondary N) is 1. The first-order valence-electron chi connectivity index (χ1n) is 12.4. The fourth-order valence-electron chi connectivity index (χ4n) is 4.90. The van der Waals surface area contributed by atoms with Gasteiger partial charge in [0.25, 0.3) is 5.69 Å². The smallest absolute Gasteiger partial charge is 0.197 e. The van der Waals surface area contributed by atoms with Crippen molar-refractivity contribution in [1.82, 2.24) is 0 Å². The Kier molecular flexibility index (Phi) is 7.47. The summed E-state index contributed by atoms with van der Waals surface area (Å²) in [7, 11) is 0. The molecule has 4 aromatic carbocycles. The molecule has 0 aliphatic carbocycles. The molecule has 0 unspecified atom stereocenters. The third-order valence-electron chi connectivity index (χ3n) is 7.18. The summed E-state index contributed by atoms with van der Waals surface area (Å²) in [6.07, 6.45) is 1.24. The Morgan fingerprint density at radius 2 is 1.00 bits per heavy atom. The summed E-state index contributed by atoms with van der Waals surface area (Å²) in [6.45, 7) is 4.00. The van der Waals surface area contributed by atoms with E-state index < -0.39 is 10.8 Å². The van der Waals surface area contributed by atoms with E-state index in [-0.39, 0.29) is 0 Å². The van der Waals surface area contributed by atoms with Crippen LogP contribution in [0.5, 0.6) is 0 Å². The molecule has 0 spiro atoms. The average Bonchev–Trinajstić information content (AvgIpc) is 2.97. The molecule has 0 saturated carbocycles. The third-order valence-corrected chi connectivity index (χ3v) is 7.18. The lowest BCUT2D eigenvalue weighted by atomic mass is 9.74. The largest absolute Gasteiger partial charge is 0.292 e. The van der Waals surface area contributed by atoms with Crippen molar-refractivity contribution in [2.75, 3.05) is 5.43 Å². The van der Waals surface area contributed by atoms with Gasteiger partial charge in [-0.25, -0.2) is 0 Å². The van der Waals surface area contributed by atoms with E-state index >= 15 is 0 Å². The Bertz CT molecular complexity index is 1440. The zero-order valence-corrected chi connectivity index (χ0v) is 21.1. The van der Waals surface area contributed by atoms with E-state index in [9.17, 15) is 15.4 Å². The summed E-state index contributed by atoms with van der Waals surface area (Å²) >= 11 is 0. The molecule has 1 N–H and O–H groups in total. The Morgan fingerprint density at radius 3 is 1.38 bits per heavy atom. The fourth-order valence-corrected chi connectivity index (χ4v) is 4.90. The van der Waals surface area contributed by atoms with Gasteiger partial charge in [-0.1, -0.05) is 98.8 Å². The lowest BCUT2D eigenvalue weighted by Gasteiger charge is -2.26. The number of nitriles is 2. The van der Waals surface area contributed by atoms with Crippen molar-refractivity contribution in [3.05, 3.63) is 136 Å². The highest BCUT2D eigenvalue weighted by atomic mass is 16.3. The van der Waals surface area contributed by atoms with Crippen molar-refractivity contribution >= 4 is 11.4 Å². The van der Waals surface area contributed by atoms with Crippen LogP contribution >= 0.6 is 0 Å². The molecule has 5 heteroatoms. The number of rotatable bonds is 9. The molecule has 4 aromatic rings. The summed E-state index contributed by atoms with van der Waals surface area (Å²) in [5.74, 6) is 0. The van der Waals surface area contributed by atoms with Crippen molar-refractivity contribution in [2.24, 2.45) is 0 Å². The number of hydrogen-bond donors (Lipinski definition) is 1. The Labute approximate surface area is 218 Å². The minimum Gasteiger partial charge on any atom is -0.197 e. The molecule has 0 amide bonds. The molecule has 182 valence electrons. The number of benzene rings is 4. The molecule has 0 fully saturated rings. The highest BCUT2D eigenvalue weighted by Gasteiger charge is 2.34. The Balaban J connectivity index is 1.54. The molecule has 0 aliphatic rings. The fraction of sp³-hybridized carbons (Fsp3) is 0.188. The minimum absolute atomic E-state index is 0.424. The summed E-state index contributed by atoms with van der Waals surface area (Å²) in [6, 6.07) is 39.0. The van der Waals surface area contributed by atoms with Crippen molar-refractivity contribution in [2.45, 2.75) is 37.5 Å². The van der Waals surface area contributed by atoms with Crippen molar-refractivity contribution in [1.29, 1.82) is 10.5 Å². The molecule has 0 aliphatic heterocycles. The summed E-state index contributed by atoms with van der Waals surface area (Å²) in [5, 5.41) is 20.2. The van der Waals surface area contributed by atoms with Crippen molar-refractivity contribution < 1.29 is 4.87 Å². The predicted molar refractivity (Wildman–Crippen MR) is 146 cm³/mol. The minimum atomic E-state index is -0.776. The maximum absolute atomic E-state index is 12.9. The van der Waals surface area contributed by atoms with Gasteiger partial charge in [-0.3, -0.25) is 0 Å². The van der Waals surface area contributed by atoms with E-state index in [4.69, 9.17) is 0 Å². The molecule has 0 heterocycles. The topological polar surface area (TPSA) is 79.7 Å². The lowest BCUT2D eigenvalue weighted by molar-refractivity contribution is -0.427. The Morgan fingerprint density at radius 1 is 0.622 bits per heavy atom. The van der Waals surface area contributed by atoms with Gasteiger partial charge in [0.2, 0.25) is 0 Å². The lowest BCUT2D eigenvalue weighted by Crippen LogP contribution is -2.25. The van der Waals surface area contributed by atoms with Crippen LogP contribution in [-0.4, -0.2) is 4.87 Å². The monoisotopic (exact) mass is 485 g/mol. The summed E-state index contributed by atoms with van der Waals surface area (Å²) < 4.78 is 0. The maximum Gasteiger partial charge on any atom is 0.292 e. The van der Waals surface area contributed by atoms with Gasteiger partial charge in [0, 0.05) is 12.1 Å². The van der Waals surface area contributed by atoms with Crippen LogP contribution in [0.4, 0.5) is 11.4 Å². The van der Waals surface area contributed by atoms with E-state index in [2.05, 4.69) is 17.6 Å². The molecule has 37 heavy (non-hydrogen) atoms. The molecule has 0 aromatic heterocycles. The van der Waals surface area contributed by atoms with E-state index in [0.717, 1.165) is 22.3 Å². The first kappa shape index (κ1) is 25.4. The molecule has 4 rings (SSSR count). The van der Waals surface area contributed by atoms with E-state index in [0.29, 0.717) is 29.1 Å². The highest BCUT2D eigenvalue weighted by Crippen LogP contribution is 2.37. The number of anilines is 1. The van der Waals surface area contributed by atoms with Crippen LogP contribution in [0.3, 0.4) is 0 Å². The van der Waals surface area contributed by atoms with Gasteiger partial charge in [0.05, 0.1) is 17.0 Å². The van der Waals surface area contributed by atoms with Gasteiger partial charge < -0.3 is 0 Å². The predicted octanol–water partition coefficient (Wildman–Crippen LogP) is 7.56. The normalized spacial score (nSPS) is 13.8. The van der Waals surface area contributed by atoms with Gasteiger partial charge >= 0.3 is 0 Å². The second kappa shape index (κ2) is 10.9. The quantitative estimate of drug-likeness (QED) is 0.196. The zero-order chi connectivity index (χ0) is 26.3. The van der Waals surface area contributed by atoms with Crippen LogP contribution in [0.2, 0.25) is 0 Å². The molecular weight excluding hydrogens is 456 g/mol. The van der Waals surface area contributed by atoms with E-state index in [1.807, 2.05) is 111 Å². The van der Waals surface area contributed by atoms with E-state index in [1.54, 1.807) is 12.1 Å².